The average Bonchev–Trinajstić information content (AvgIpc) is 3.18. The first kappa shape index (κ1) is 29.1. The van der Waals surface area contributed by atoms with Crippen LogP contribution in [0.5, 0.6) is 0 Å². The third kappa shape index (κ3) is 10.6. The number of carbonyl (C=O) groups excluding carboxylic acids is 5. The minimum absolute atomic E-state index is 0.0158. The minimum atomic E-state index is -0.694. The van der Waals surface area contributed by atoms with E-state index in [9.17, 15) is 24.0 Å². The molecule has 0 radical (unpaired) electrons. The van der Waals surface area contributed by atoms with E-state index in [1.165, 1.54) is 23.8 Å². The average molecular weight is 515 g/mol. The summed E-state index contributed by atoms with van der Waals surface area (Å²) in [6.45, 7) is 8.34. The number of hydrogen-bond acceptors (Lipinski definition) is 7. The van der Waals surface area contributed by atoms with Crippen LogP contribution in [0.4, 0.5) is 10.5 Å². The number of likely N-dealkylation sites (N-methyl/N-ethyl adjacent to an activating group) is 1. The van der Waals surface area contributed by atoms with Crippen LogP contribution < -0.4 is 16.0 Å². The highest BCUT2D eigenvalue weighted by molar-refractivity contribution is 5.96. The molecule has 37 heavy (non-hydrogen) atoms. The molecule has 0 unspecified atom stereocenters. The van der Waals surface area contributed by atoms with Crippen LogP contribution in [0.15, 0.2) is 36.5 Å². The first-order valence-corrected chi connectivity index (χ1v) is 11.8. The van der Waals surface area contributed by atoms with E-state index in [0.29, 0.717) is 12.2 Å². The Morgan fingerprint density at radius 2 is 1.59 bits per heavy atom. The van der Waals surface area contributed by atoms with Crippen molar-refractivity contribution in [2.24, 2.45) is 0 Å². The van der Waals surface area contributed by atoms with Gasteiger partial charge in [-0.15, -0.1) is 0 Å². The summed E-state index contributed by atoms with van der Waals surface area (Å²) in [6, 6.07) is 8.54. The zero-order chi connectivity index (χ0) is 27.6. The molecule has 11 nitrogen and oxygen atoms in total. The lowest BCUT2D eigenvalue weighted by molar-refractivity contribution is -0.145. The monoisotopic (exact) mass is 514 g/mol. The standard InChI is InChI=1S/C26H34N4O7/c1-6-27-22(32)11-18-7-9-19(10-8-18)16-36-24(34)13-28-23(33)15-30-14-20(12-21(30)17(2)31)29-25(35)37-26(3,4)5/h7-10,12,14H,6,11,13,15-16H2,1-5H3,(H,27,32)(H,28,33)(H,29,35). The summed E-state index contributed by atoms with van der Waals surface area (Å²) >= 11 is 0. The zero-order valence-electron chi connectivity index (χ0n) is 21.8. The van der Waals surface area contributed by atoms with Crippen LogP contribution in [-0.4, -0.2) is 52.9 Å². The molecule has 2 aromatic rings. The van der Waals surface area contributed by atoms with Crippen molar-refractivity contribution in [1.29, 1.82) is 0 Å². The summed E-state index contributed by atoms with van der Waals surface area (Å²) in [4.78, 5) is 60.0. The molecular weight excluding hydrogens is 480 g/mol. The van der Waals surface area contributed by atoms with Gasteiger partial charge < -0.3 is 24.7 Å². The molecular formula is C26H34N4O7. The molecule has 3 amide bonds. The van der Waals surface area contributed by atoms with Gasteiger partial charge in [0.15, 0.2) is 5.78 Å². The normalized spacial score (nSPS) is 10.8. The maximum Gasteiger partial charge on any atom is 0.412 e. The van der Waals surface area contributed by atoms with Crippen LogP contribution in [0.1, 0.15) is 56.2 Å². The molecule has 0 atom stereocenters. The SMILES string of the molecule is CCNC(=O)Cc1ccc(COC(=O)CNC(=O)Cn2cc(NC(=O)OC(C)(C)C)cc2C(C)=O)cc1. The largest absolute Gasteiger partial charge is 0.460 e. The fraction of sp³-hybridized carbons (Fsp3) is 0.423. The van der Waals surface area contributed by atoms with Gasteiger partial charge in [0.1, 0.15) is 25.3 Å². The Hall–Kier alpha value is -4.15. The number of benzene rings is 1. The zero-order valence-corrected chi connectivity index (χ0v) is 21.8. The number of nitrogens with zero attached hydrogens (tertiary/aromatic N) is 1. The van der Waals surface area contributed by atoms with Gasteiger partial charge in [0.25, 0.3) is 0 Å². The molecule has 0 aliphatic carbocycles. The highest BCUT2D eigenvalue weighted by atomic mass is 16.6. The van der Waals surface area contributed by atoms with Crippen molar-refractivity contribution < 1.29 is 33.4 Å². The Labute approximate surface area is 215 Å². The van der Waals surface area contributed by atoms with Gasteiger partial charge in [-0.25, -0.2) is 4.79 Å². The van der Waals surface area contributed by atoms with E-state index in [1.807, 2.05) is 6.92 Å². The van der Waals surface area contributed by atoms with E-state index in [1.54, 1.807) is 45.0 Å². The van der Waals surface area contributed by atoms with Gasteiger partial charge in [0.2, 0.25) is 11.8 Å². The van der Waals surface area contributed by atoms with Crippen molar-refractivity contribution in [1.82, 2.24) is 15.2 Å². The summed E-state index contributed by atoms with van der Waals surface area (Å²) in [5, 5.41) is 7.71. The Morgan fingerprint density at radius 3 is 2.19 bits per heavy atom. The van der Waals surface area contributed by atoms with Crippen LogP contribution >= 0.6 is 0 Å². The first-order valence-electron chi connectivity index (χ1n) is 11.8. The molecule has 0 aliphatic heterocycles. The number of amides is 3. The van der Waals surface area contributed by atoms with Gasteiger partial charge >= 0.3 is 12.1 Å². The van der Waals surface area contributed by atoms with Crippen molar-refractivity contribution in [3.05, 3.63) is 53.3 Å². The highest BCUT2D eigenvalue weighted by Gasteiger charge is 2.19. The second kappa shape index (κ2) is 13.2. The Morgan fingerprint density at radius 1 is 0.946 bits per heavy atom. The van der Waals surface area contributed by atoms with Crippen molar-refractivity contribution in [3.63, 3.8) is 0 Å². The number of rotatable bonds is 11. The summed E-state index contributed by atoms with van der Waals surface area (Å²) in [6.07, 6.45) is 1.02. The van der Waals surface area contributed by atoms with Crippen LogP contribution in [0.2, 0.25) is 0 Å². The first-order chi connectivity index (χ1) is 17.4. The van der Waals surface area contributed by atoms with Gasteiger partial charge in [0.05, 0.1) is 17.8 Å². The molecule has 3 N–H and O–H groups in total. The molecule has 0 saturated carbocycles. The van der Waals surface area contributed by atoms with Gasteiger partial charge in [-0.3, -0.25) is 24.5 Å². The lowest BCUT2D eigenvalue weighted by Gasteiger charge is -2.19. The lowest BCUT2D eigenvalue weighted by Crippen LogP contribution is -2.33. The molecule has 1 heterocycles. The Balaban J connectivity index is 1.83. The maximum atomic E-state index is 12.4. The van der Waals surface area contributed by atoms with E-state index >= 15 is 0 Å². The third-order valence-electron chi connectivity index (χ3n) is 4.81. The number of Topliss-reactive ketones (excluding diaryl/α,β-unsaturated/α-hetero) is 1. The molecule has 2 rings (SSSR count). The Kier molecular flexibility index (Phi) is 10.4. The lowest BCUT2D eigenvalue weighted by atomic mass is 10.1. The summed E-state index contributed by atoms with van der Waals surface area (Å²) in [7, 11) is 0. The fourth-order valence-corrected chi connectivity index (χ4v) is 3.22. The number of aromatic nitrogens is 1. The van der Waals surface area contributed by atoms with Crippen molar-refractivity contribution in [2.45, 2.75) is 59.8 Å². The number of esters is 1. The minimum Gasteiger partial charge on any atom is -0.460 e. The van der Waals surface area contributed by atoms with Crippen molar-refractivity contribution in [3.8, 4) is 0 Å². The highest BCUT2D eigenvalue weighted by Crippen LogP contribution is 2.17. The van der Waals surface area contributed by atoms with E-state index in [0.717, 1.165) is 11.1 Å². The predicted octanol–water partition coefficient (Wildman–Crippen LogP) is 2.58. The molecule has 200 valence electrons. The number of nitrogens with one attached hydrogen (secondary N) is 3. The second-order valence-corrected chi connectivity index (χ2v) is 9.31. The molecule has 0 bridgehead atoms. The molecule has 0 fully saturated rings. The summed E-state index contributed by atoms with van der Waals surface area (Å²) in [5.41, 5.74) is 1.39. The van der Waals surface area contributed by atoms with Gasteiger partial charge in [0, 0.05) is 19.7 Å². The van der Waals surface area contributed by atoms with E-state index < -0.39 is 23.6 Å². The van der Waals surface area contributed by atoms with E-state index in [-0.39, 0.29) is 43.5 Å². The van der Waals surface area contributed by atoms with Crippen LogP contribution in [0, 0.1) is 0 Å². The van der Waals surface area contributed by atoms with Crippen LogP contribution in [-0.2, 0) is 43.4 Å². The molecule has 1 aromatic heterocycles. The van der Waals surface area contributed by atoms with Gasteiger partial charge in [-0.1, -0.05) is 24.3 Å². The van der Waals surface area contributed by atoms with Gasteiger partial charge in [-0.05, 0) is 44.9 Å². The van der Waals surface area contributed by atoms with Gasteiger partial charge in [-0.2, -0.15) is 0 Å². The van der Waals surface area contributed by atoms with E-state index in [4.69, 9.17) is 9.47 Å². The molecule has 11 heteroatoms. The fourth-order valence-electron chi connectivity index (χ4n) is 3.22. The number of carbonyl (C=O) groups is 5. The van der Waals surface area contributed by atoms with Crippen molar-refractivity contribution >= 4 is 35.3 Å². The molecule has 0 spiro atoms. The number of hydrogen-bond donors (Lipinski definition) is 3. The number of ketones is 1. The maximum absolute atomic E-state index is 12.4. The van der Waals surface area contributed by atoms with Crippen molar-refractivity contribution in [2.75, 3.05) is 18.4 Å². The van der Waals surface area contributed by atoms with E-state index in [2.05, 4.69) is 16.0 Å². The van der Waals surface area contributed by atoms with Crippen LogP contribution in [0.3, 0.4) is 0 Å². The van der Waals surface area contributed by atoms with Crippen LogP contribution in [0.25, 0.3) is 0 Å². The molecule has 0 saturated heterocycles. The Bertz CT molecular complexity index is 1130. The predicted molar refractivity (Wildman–Crippen MR) is 136 cm³/mol. The number of ether oxygens (including phenoxy) is 2. The number of anilines is 1. The molecule has 1 aromatic carbocycles. The second-order valence-electron chi connectivity index (χ2n) is 9.31. The molecule has 0 aliphatic rings. The third-order valence-corrected chi connectivity index (χ3v) is 4.81. The topological polar surface area (TPSA) is 145 Å². The summed E-state index contributed by atoms with van der Waals surface area (Å²) in [5.74, 6) is -1.52. The quantitative estimate of drug-likeness (QED) is 0.309. The smallest absolute Gasteiger partial charge is 0.412 e. The summed E-state index contributed by atoms with van der Waals surface area (Å²) < 4.78 is 11.7.